The van der Waals surface area contributed by atoms with Crippen LogP contribution in [0, 0.1) is 5.82 Å². The topological polar surface area (TPSA) is 55.4 Å². The number of thioether (sulfide) groups is 1. The molecule has 0 radical (unpaired) electrons. The largest absolute Gasteiger partial charge is 0.467 e. The van der Waals surface area contributed by atoms with Crippen LogP contribution in [0.1, 0.15) is 12.0 Å². The van der Waals surface area contributed by atoms with E-state index in [1.807, 2.05) is 6.26 Å². The van der Waals surface area contributed by atoms with Gasteiger partial charge in [0.2, 0.25) is 5.91 Å². The first-order valence-corrected chi connectivity index (χ1v) is 7.77. The SMILES string of the molecule is COC(=O)[C@H](CCSC)NC(=O)/C=C/c1cccc(F)c1. The first-order chi connectivity index (χ1) is 10.1. The van der Waals surface area contributed by atoms with Crippen molar-refractivity contribution in [3.8, 4) is 0 Å². The van der Waals surface area contributed by atoms with Crippen molar-refractivity contribution in [2.45, 2.75) is 12.5 Å². The molecule has 0 bridgehead atoms. The van der Waals surface area contributed by atoms with Gasteiger partial charge in [0.15, 0.2) is 0 Å². The van der Waals surface area contributed by atoms with Crippen LogP contribution in [0.5, 0.6) is 0 Å². The molecule has 1 rings (SSSR count). The maximum Gasteiger partial charge on any atom is 0.328 e. The van der Waals surface area contributed by atoms with E-state index < -0.39 is 17.9 Å². The molecule has 0 aromatic heterocycles. The van der Waals surface area contributed by atoms with Crippen LogP contribution in [0.3, 0.4) is 0 Å². The number of rotatable bonds is 7. The number of benzene rings is 1. The van der Waals surface area contributed by atoms with Gasteiger partial charge < -0.3 is 10.1 Å². The van der Waals surface area contributed by atoms with Crippen LogP contribution in [-0.4, -0.2) is 37.0 Å². The molecule has 0 aliphatic heterocycles. The van der Waals surface area contributed by atoms with Crippen molar-refractivity contribution in [1.29, 1.82) is 0 Å². The number of hydrogen-bond donors (Lipinski definition) is 1. The summed E-state index contributed by atoms with van der Waals surface area (Å²) in [6.45, 7) is 0. The summed E-state index contributed by atoms with van der Waals surface area (Å²) in [6.07, 6.45) is 5.17. The third kappa shape index (κ3) is 6.44. The first kappa shape index (κ1) is 17.2. The fourth-order valence-electron chi connectivity index (χ4n) is 1.63. The van der Waals surface area contributed by atoms with E-state index in [4.69, 9.17) is 0 Å². The van der Waals surface area contributed by atoms with Crippen LogP contribution in [0.4, 0.5) is 4.39 Å². The summed E-state index contributed by atoms with van der Waals surface area (Å²) in [5, 5.41) is 2.58. The molecule has 0 unspecified atom stereocenters. The lowest BCUT2D eigenvalue weighted by atomic mass is 10.2. The minimum Gasteiger partial charge on any atom is -0.467 e. The molecule has 1 aromatic carbocycles. The Morgan fingerprint density at radius 3 is 2.86 bits per heavy atom. The lowest BCUT2D eigenvalue weighted by Gasteiger charge is -2.14. The minimum absolute atomic E-state index is 0.370. The molecule has 1 atom stereocenters. The van der Waals surface area contributed by atoms with Gasteiger partial charge in [0.05, 0.1) is 7.11 Å². The summed E-state index contributed by atoms with van der Waals surface area (Å²) in [5.41, 5.74) is 0.573. The van der Waals surface area contributed by atoms with Gasteiger partial charge >= 0.3 is 5.97 Å². The molecule has 0 heterocycles. The Morgan fingerprint density at radius 2 is 2.24 bits per heavy atom. The number of methoxy groups -OCH3 is 1. The molecule has 1 aromatic rings. The zero-order valence-electron chi connectivity index (χ0n) is 12.0. The molecule has 1 N–H and O–H groups in total. The summed E-state index contributed by atoms with van der Waals surface area (Å²) >= 11 is 1.58. The molecule has 0 spiro atoms. The molecule has 21 heavy (non-hydrogen) atoms. The molecule has 0 fully saturated rings. The van der Waals surface area contributed by atoms with Crippen molar-refractivity contribution < 1.29 is 18.7 Å². The van der Waals surface area contributed by atoms with E-state index >= 15 is 0 Å². The van der Waals surface area contributed by atoms with Crippen LogP contribution in [0.2, 0.25) is 0 Å². The quantitative estimate of drug-likeness (QED) is 0.620. The maximum atomic E-state index is 13.0. The summed E-state index contributed by atoms with van der Waals surface area (Å²) in [4.78, 5) is 23.3. The highest BCUT2D eigenvalue weighted by atomic mass is 32.2. The third-order valence-corrected chi connectivity index (χ3v) is 3.33. The average Bonchev–Trinajstić information content (AvgIpc) is 2.48. The van der Waals surface area contributed by atoms with Gasteiger partial charge in [0.25, 0.3) is 0 Å². The summed E-state index contributed by atoms with van der Waals surface area (Å²) in [6, 6.07) is 5.20. The number of amides is 1. The third-order valence-electron chi connectivity index (χ3n) is 2.69. The van der Waals surface area contributed by atoms with E-state index in [2.05, 4.69) is 10.1 Å². The molecule has 6 heteroatoms. The highest BCUT2D eigenvalue weighted by molar-refractivity contribution is 7.98. The molecule has 1 amide bonds. The van der Waals surface area contributed by atoms with Crippen molar-refractivity contribution in [3.63, 3.8) is 0 Å². The van der Waals surface area contributed by atoms with Gasteiger partial charge in [-0.25, -0.2) is 9.18 Å². The minimum atomic E-state index is -0.674. The van der Waals surface area contributed by atoms with E-state index in [1.54, 1.807) is 23.9 Å². The van der Waals surface area contributed by atoms with Gasteiger partial charge in [-0.05, 0) is 42.2 Å². The normalized spacial score (nSPS) is 12.1. The van der Waals surface area contributed by atoms with Gasteiger partial charge in [0, 0.05) is 6.08 Å². The molecule has 0 saturated heterocycles. The average molecular weight is 311 g/mol. The Bertz CT molecular complexity index is 519. The number of carbonyl (C=O) groups is 2. The van der Waals surface area contributed by atoms with E-state index in [1.165, 1.54) is 31.4 Å². The van der Waals surface area contributed by atoms with E-state index in [-0.39, 0.29) is 5.82 Å². The smallest absolute Gasteiger partial charge is 0.328 e. The van der Waals surface area contributed by atoms with Crippen LogP contribution in [0.15, 0.2) is 30.3 Å². The predicted octanol–water partition coefficient (Wildman–Crippen LogP) is 2.25. The van der Waals surface area contributed by atoms with Crippen molar-refractivity contribution in [3.05, 3.63) is 41.7 Å². The second kappa shape index (κ2) is 9.18. The second-order valence-corrected chi connectivity index (χ2v) is 5.24. The fraction of sp³-hybridized carbons (Fsp3) is 0.333. The standard InChI is InChI=1S/C15H18FNO3S/c1-20-15(19)13(8-9-21-2)17-14(18)7-6-11-4-3-5-12(16)10-11/h3-7,10,13H,8-9H2,1-2H3,(H,17,18)/b7-6+/t13-/m0/s1. The molecule has 0 aliphatic rings. The molecule has 4 nitrogen and oxygen atoms in total. The van der Waals surface area contributed by atoms with Gasteiger partial charge in [-0.2, -0.15) is 11.8 Å². The Morgan fingerprint density at radius 1 is 1.48 bits per heavy atom. The van der Waals surface area contributed by atoms with Gasteiger partial charge in [-0.15, -0.1) is 0 Å². The Labute approximate surface area is 127 Å². The van der Waals surface area contributed by atoms with Gasteiger partial charge in [-0.3, -0.25) is 4.79 Å². The zero-order chi connectivity index (χ0) is 15.7. The molecule has 0 aliphatic carbocycles. The van der Waals surface area contributed by atoms with Crippen LogP contribution >= 0.6 is 11.8 Å². The lowest BCUT2D eigenvalue weighted by Crippen LogP contribution is -2.41. The number of esters is 1. The summed E-state index contributed by atoms with van der Waals surface area (Å²) in [7, 11) is 1.28. The Hall–Kier alpha value is -1.82. The fourth-order valence-corrected chi connectivity index (χ4v) is 2.10. The summed E-state index contributed by atoms with van der Waals surface area (Å²) < 4.78 is 17.6. The Balaban J connectivity index is 2.62. The highest BCUT2D eigenvalue weighted by Crippen LogP contribution is 2.06. The monoisotopic (exact) mass is 311 g/mol. The number of ether oxygens (including phenoxy) is 1. The second-order valence-electron chi connectivity index (χ2n) is 4.25. The lowest BCUT2D eigenvalue weighted by molar-refractivity contribution is -0.144. The summed E-state index contributed by atoms with van der Waals surface area (Å²) in [5.74, 6) is -0.537. The Kier molecular flexibility index (Phi) is 7.53. The molecular weight excluding hydrogens is 293 g/mol. The molecule has 114 valence electrons. The number of carbonyl (C=O) groups excluding carboxylic acids is 2. The van der Waals surface area contributed by atoms with Crippen LogP contribution < -0.4 is 5.32 Å². The van der Waals surface area contributed by atoms with Crippen LogP contribution in [-0.2, 0) is 14.3 Å². The van der Waals surface area contributed by atoms with Gasteiger partial charge in [-0.1, -0.05) is 12.1 Å². The molecular formula is C15H18FNO3S. The zero-order valence-corrected chi connectivity index (χ0v) is 12.8. The van der Waals surface area contributed by atoms with Crippen LogP contribution in [0.25, 0.3) is 6.08 Å². The van der Waals surface area contributed by atoms with Crippen molar-refractivity contribution in [2.24, 2.45) is 0 Å². The maximum absolute atomic E-state index is 13.0. The van der Waals surface area contributed by atoms with E-state index in [0.717, 1.165) is 5.75 Å². The van der Waals surface area contributed by atoms with Crippen molar-refractivity contribution in [2.75, 3.05) is 19.1 Å². The van der Waals surface area contributed by atoms with E-state index in [9.17, 15) is 14.0 Å². The highest BCUT2D eigenvalue weighted by Gasteiger charge is 2.19. The van der Waals surface area contributed by atoms with Crippen molar-refractivity contribution in [1.82, 2.24) is 5.32 Å². The van der Waals surface area contributed by atoms with Gasteiger partial charge in [0.1, 0.15) is 11.9 Å². The number of nitrogens with one attached hydrogen (secondary N) is 1. The first-order valence-electron chi connectivity index (χ1n) is 6.37. The molecule has 0 saturated carbocycles. The number of halogens is 1. The number of hydrogen-bond acceptors (Lipinski definition) is 4. The van der Waals surface area contributed by atoms with Crippen molar-refractivity contribution >= 4 is 29.7 Å². The van der Waals surface area contributed by atoms with E-state index in [0.29, 0.717) is 12.0 Å². The predicted molar refractivity (Wildman–Crippen MR) is 82.4 cm³/mol.